The molecule has 0 aliphatic carbocycles. The number of carbonyl (C=O) groups excluding carboxylic acids is 1. The van der Waals surface area contributed by atoms with Crippen LogP contribution in [-0.2, 0) is 13.0 Å². The van der Waals surface area contributed by atoms with E-state index in [2.05, 4.69) is 34.7 Å². The fourth-order valence-electron chi connectivity index (χ4n) is 3.99. The zero-order chi connectivity index (χ0) is 21.2. The van der Waals surface area contributed by atoms with Crippen molar-refractivity contribution in [1.29, 1.82) is 0 Å². The Morgan fingerprint density at radius 2 is 1.97 bits per heavy atom. The molecule has 0 radical (unpaired) electrons. The van der Waals surface area contributed by atoms with Gasteiger partial charge < -0.3 is 10.2 Å². The Balaban J connectivity index is 1.46. The highest BCUT2D eigenvalue weighted by Crippen LogP contribution is 2.33. The molecule has 1 amide bonds. The van der Waals surface area contributed by atoms with Crippen LogP contribution in [0.5, 0.6) is 0 Å². The first kappa shape index (κ1) is 19.5. The maximum Gasteiger partial charge on any atom is 0.258 e. The summed E-state index contributed by atoms with van der Waals surface area (Å²) in [6.45, 7) is 1.61. The maximum absolute atomic E-state index is 13.0. The molecule has 0 fully saturated rings. The van der Waals surface area contributed by atoms with Crippen LogP contribution < -0.4 is 15.5 Å². The number of anilines is 3. The van der Waals surface area contributed by atoms with Gasteiger partial charge in [-0.15, -0.1) is 0 Å². The zero-order valence-corrected chi connectivity index (χ0v) is 18.1. The third-order valence-electron chi connectivity index (χ3n) is 5.54. The maximum atomic E-state index is 13.0. The molecular weight excluding hydrogens is 406 g/mol. The molecule has 0 spiro atoms. The van der Waals surface area contributed by atoms with Gasteiger partial charge in [0.05, 0.1) is 5.69 Å². The van der Waals surface area contributed by atoms with E-state index < -0.39 is 0 Å². The Labute approximate surface area is 185 Å². The quantitative estimate of drug-likeness (QED) is 0.470. The summed E-state index contributed by atoms with van der Waals surface area (Å²) in [6, 6.07) is 16.0. The highest BCUT2D eigenvalue weighted by molar-refractivity contribution is 7.09. The third-order valence-corrected chi connectivity index (χ3v) is 6.30. The summed E-state index contributed by atoms with van der Waals surface area (Å²) in [5, 5.41) is 12.4. The first-order chi connectivity index (χ1) is 15.2. The van der Waals surface area contributed by atoms with Crippen molar-refractivity contribution < 1.29 is 4.79 Å². The molecule has 31 heavy (non-hydrogen) atoms. The second kappa shape index (κ2) is 8.35. The van der Waals surface area contributed by atoms with Crippen molar-refractivity contribution in [2.45, 2.75) is 19.4 Å². The molecular formula is C24H23N5OS. The van der Waals surface area contributed by atoms with E-state index >= 15 is 0 Å². The topological polar surface area (TPSA) is 70.2 Å². The van der Waals surface area contributed by atoms with Crippen molar-refractivity contribution in [3.8, 4) is 0 Å². The summed E-state index contributed by atoms with van der Waals surface area (Å²) in [5.74, 6) is 0.893. The lowest BCUT2D eigenvalue weighted by Gasteiger charge is -2.29. The Morgan fingerprint density at radius 1 is 1.10 bits per heavy atom. The van der Waals surface area contributed by atoms with Gasteiger partial charge in [-0.2, -0.15) is 16.3 Å². The van der Waals surface area contributed by atoms with Gasteiger partial charge in [0.15, 0.2) is 5.82 Å². The molecule has 5 rings (SSSR count). The fraction of sp³-hybridized carbons (Fsp3) is 0.208. The molecule has 7 heteroatoms. The molecule has 0 bridgehead atoms. The SMILES string of the molecule is CN1CCCc2nc(NC(=O)c3cccc4cscc34)nc(NCc3ccccc3)c21. The van der Waals surface area contributed by atoms with Crippen LogP contribution in [0.2, 0.25) is 0 Å². The van der Waals surface area contributed by atoms with Crippen LogP contribution in [0.3, 0.4) is 0 Å². The lowest BCUT2D eigenvalue weighted by atomic mass is 10.1. The average molecular weight is 430 g/mol. The van der Waals surface area contributed by atoms with Gasteiger partial charge in [-0.3, -0.25) is 10.1 Å². The molecule has 6 nitrogen and oxygen atoms in total. The molecule has 2 aromatic carbocycles. The number of aromatic nitrogens is 2. The van der Waals surface area contributed by atoms with E-state index in [9.17, 15) is 4.79 Å². The summed E-state index contributed by atoms with van der Waals surface area (Å²) in [6.07, 6.45) is 1.89. The summed E-state index contributed by atoms with van der Waals surface area (Å²) < 4.78 is 0. The molecule has 2 aromatic heterocycles. The Kier molecular flexibility index (Phi) is 5.26. The lowest BCUT2D eigenvalue weighted by Crippen LogP contribution is -2.28. The molecule has 156 valence electrons. The molecule has 0 unspecified atom stereocenters. The van der Waals surface area contributed by atoms with E-state index in [1.165, 1.54) is 5.56 Å². The highest BCUT2D eigenvalue weighted by Gasteiger charge is 2.23. The Hall–Kier alpha value is -3.45. The van der Waals surface area contributed by atoms with E-state index in [4.69, 9.17) is 9.97 Å². The number of hydrogen-bond donors (Lipinski definition) is 2. The minimum Gasteiger partial charge on any atom is -0.370 e. The van der Waals surface area contributed by atoms with E-state index in [0.717, 1.165) is 47.4 Å². The number of carbonyl (C=O) groups is 1. The van der Waals surface area contributed by atoms with Crippen LogP contribution in [0.4, 0.5) is 17.5 Å². The van der Waals surface area contributed by atoms with Crippen LogP contribution in [0.15, 0.2) is 59.3 Å². The van der Waals surface area contributed by atoms with Crippen LogP contribution in [0, 0.1) is 0 Å². The summed E-state index contributed by atoms with van der Waals surface area (Å²) in [5.41, 5.74) is 3.78. The minimum absolute atomic E-state index is 0.192. The van der Waals surface area contributed by atoms with Crippen LogP contribution in [0.1, 0.15) is 28.0 Å². The van der Waals surface area contributed by atoms with E-state index in [0.29, 0.717) is 18.1 Å². The number of rotatable bonds is 5. The molecule has 1 aliphatic heterocycles. The second-order valence-electron chi connectivity index (χ2n) is 7.69. The smallest absolute Gasteiger partial charge is 0.258 e. The summed E-state index contributed by atoms with van der Waals surface area (Å²) in [4.78, 5) is 24.6. The van der Waals surface area contributed by atoms with Crippen LogP contribution >= 0.6 is 11.3 Å². The van der Waals surface area contributed by atoms with Gasteiger partial charge in [-0.05, 0) is 40.6 Å². The molecule has 0 saturated carbocycles. The number of aryl methyl sites for hydroxylation is 1. The van der Waals surface area contributed by atoms with Crippen LogP contribution in [0.25, 0.3) is 10.8 Å². The predicted octanol–water partition coefficient (Wildman–Crippen LogP) is 4.94. The zero-order valence-electron chi connectivity index (χ0n) is 17.3. The highest BCUT2D eigenvalue weighted by atomic mass is 32.1. The predicted molar refractivity (Wildman–Crippen MR) is 127 cm³/mol. The number of benzene rings is 2. The van der Waals surface area contributed by atoms with Crippen molar-refractivity contribution in [3.63, 3.8) is 0 Å². The van der Waals surface area contributed by atoms with E-state index in [1.54, 1.807) is 11.3 Å². The average Bonchev–Trinajstić information content (AvgIpc) is 3.27. The summed E-state index contributed by atoms with van der Waals surface area (Å²) in [7, 11) is 2.06. The third kappa shape index (κ3) is 3.96. The minimum atomic E-state index is -0.192. The van der Waals surface area contributed by atoms with Crippen molar-refractivity contribution >= 4 is 45.5 Å². The van der Waals surface area contributed by atoms with E-state index in [-0.39, 0.29) is 5.91 Å². The van der Waals surface area contributed by atoms with Gasteiger partial charge in [0.25, 0.3) is 5.91 Å². The van der Waals surface area contributed by atoms with Gasteiger partial charge in [0, 0.05) is 31.1 Å². The largest absolute Gasteiger partial charge is 0.370 e. The Bertz CT molecular complexity index is 1240. The van der Waals surface area contributed by atoms with Gasteiger partial charge in [-0.1, -0.05) is 42.5 Å². The van der Waals surface area contributed by atoms with E-state index in [1.807, 2.05) is 47.2 Å². The number of thiophene rings is 1. The Morgan fingerprint density at radius 3 is 2.84 bits per heavy atom. The lowest BCUT2D eigenvalue weighted by molar-refractivity contribution is 0.102. The monoisotopic (exact) mass is 429 g/mol. The van der Waals surface area contributed by atoms with Crippen molar-refractivity contribution in [2.75, 3.05) is 29.1 Å². The van der Waals surface area contributed by atoms with Crippen molar-refractivity contribution in [3.05, 3.63) is 76.1 Å². The summed E-state index contributed by atoms with van der Waals surface area (Å²) >= 11 is 1.59. The number of hydrogen-bond acceptors (Lipinski definition) is 6. The number of nitrogens with one attached hydrogen (secondary N) is 2. The van der Waals surface area contributed by atoms with Crippen molar-refractivity contribution in [1.82, 2.24) is 9.97 Å². The molecule has 0 saturated heterocycles. The molecule has 3 heterocycles. The molecule has 0 atom stereocenters. The number of amides is 1. The first-order valence-corrected chi connectivity index (χ1v) is 11.3. The standard InChI is InChI=1S/C24H23N5OS/c1-29-12-6-11-20-21(29)22(25-13-16-7-3-2-4-8-16)27-24(26-20)28-23(30)18-10-5-9-17-14-31-15-19(17)18/h2-5,7-10,14-15H,6,11-13H2,1H3,(H2,25,26,27,28,30). The fourth-order valence-corrected chi connectivity index (χ4v) is 4.81. The van der Waals surface area contributed by atoms with Crippen molar-refractivity contribution in [2.24, 2.45) is 0 Å². The number of nitrogens with zero attached hydrogens (tertiary/aromatic N) is 3. The normalized spacial score (nSPS) is 13.1. The number of fused-ring (bicyclic) bond motifs is 2. The molecule has 1 aliphatic rings. The first-order valence-electron chi connectivity index (χ1n) is 10.3. The van der Waals surface area contributed by atoms with Gasteiger partial charge in [0.2, 0.25) is 5.95 Å². The van der Waals surface area contributed by atoms with Gasteiger partial charge >= 0.3 is 0 Å². The van der Waals surface area contributed by atoms with Gasteiger partial charge in [-0.25, -0.2) is 4.98 Å². The van der Waals surface area contributed by atoms with Crippen LogP contribution in [-0.4, -0.2) is 29.5 Å². The molecule has 4 aromatic rings. The molecule has 2 N–H and O–H groups in total. The van der Waals surface area contributed by atoms with Gasteiger partial charge in [0.1, 0.15) is 5.69 Å². The second-order valence-corrected chi connectivity index (χ2v) is 8.43.